The number of carbonyl (C=O) groups is 1. The molecule has 6 nitrogen and oxygen atoms in total. The van der Waals surface area contributed by atoms with E-state index in [1.807, 2.05) is 6.07 Å². The van der Waals surface area contributed by atoms with E-state index in [-0.39, 0.29) is 13.2 Å². The second-order valence-corrected chi connectivity index (χ2v) is 7.04. The summed E-state index contributed by atoms with van der Waals surface area (Å²) < 4.78 is 0. The van der Waals surface area contributed by atoms with Gasteiger partial charge >= 0.3 is 0 Å². The maximum Gasteiger partial charge on any atom is 0.195 e. The van der Waals surface area contributed by atoms with Crippen molar-refractivity contribution in [3.63, 3.8) is 0 Å². The number of benzene rings is 2. The van der Waals surface area contributed by atoms with E-state index in [0.717, 1.165) is 0 Å². The van der Waals surface area contributed by atoms with E-state index < -0.39 is 0 Å². The topological polar surface area (TPSA) is 99.2 Å². The molecule has 0 radical (unpaired) electrons. The van der Waals surface area contributed by atoms with Gasteiger partial charge in [0.25, 0.3) is 0 Å². The molecule has 0 aliphatic rings. The molecule has 0 spiro atoms. The van der Waals surface area contributed by atoms with E-state index in [2.05, 4.69) is 14.8 Å². The molecule has 4 rings (SSSR count). The zero-order valence-corrected chi connectivity index (χ0v) is 18.3. The number of carbonyl (C=O) groups excluding carboxylic acids is 1. The van der Waals surface area contributed by atoms with Gasteiger partial charge in [-0.3, -0.25) is 14.8 Å². The zero-order chi connectivity index (χ0) is 23.3. The van der Waals surface area contributed by atoms with E-state index >= 15 is 0 Å². The number of nitrogens with two attached hydrogens (primary N) is 2. The first-order valence-corrected chi connectivity index (χ1v) is 9.94. The zero-order valence-electron chi connectivity index (χ0n) is 16.8. The first-order valence-electron chi connectivity index (χ1n) is 9.19. The van der Waals surface area contributed by atoms with Gasteiger partial charge in [0, 0.05) is 57.3 Å². The maximum atomic E-state index is 12.0. The van der Waals surface area contributed by atoms with Crippen molar-refractivity contribution in [3.05, 3.63) is 124 Å². The summed E-state index contributed by atoms with van der Waals surface area (Å²) >= 11 is 11.3. The Kier molecular flexibility index (Phi) is 11.7. The van der Waals surface area contributed by atoms with Crippen LogP contribution in [-0.2, 0) is 0 Å². The van der Waals surface area contributed by atoms with Crippen LogP contribution in [0.1, 0.15) is 23.3 Å². The fourth-order valence-corrected chi connectivity index (χ4v) is 2.70. The van der Waals surface area contributed by atoms with Crippen molar-refractivity contribution in [2.45, 2.75) is 7.43 Å². The highest BCUT2D eigenvalue weighted by Crippen LogP contribution is 2.20. The maximum absolute atomic E-state index is 12.0. The summed E-state index contributed by atoms with van der Waals surface area (Å²) in [5.74, 6) is -0.128. The van der Waals surface area contributed by atoms with E-state index in [1.165, 1.54) is 0 Å². The Bertz CT molecular complexity index is 1180. The summed E-state index contributed by atoms with van der Waals surface area (Å²) in [6, 6.07) is 18.6. The van der Waals surface area contributed by atoms with Gasteiger partial charge in [0.15, 0.2) is 11.5 Å². The lowest BCUT2D eigenvalue weighted by atomic mass is 10.0. The molecule has 0 saturated carbocycles. The average molecular weight is 480 g/mol. The number of aromatic nitrogens is 2. The second-order valence-electron chi connectivity index (χ2n) is 6.17. The van der Waals surface area contributed by atoms with Crippen LogP contribution in [0.15, 0.2) is 91.5 Å². The predicted molar refractivity (Wildman–Crippen MR) is 137 cm³/mol. The lowest BCUT2D eigenvalue weighted by Gasteiger charge is -2.04. The molecule has 2 heterocycles. The number of hydrogen-bond acceptors (Lipinski definition) is 5. The van der Waals surface area contributed by atoms with Crippen molar-refractivity contribution in [2.75, 3.05) is 11.5 Å². The third kappa shape index (κ3) is 9.40. The number of halogens is 2. The van der Waals surface area contributed by atoms with Gasteiger partial charge < -0.3 is 11.5 Å². The van der Waals surface area contributed by atoms with Crippen LogP contribution >= 0.6 is 23.2 Å². The van der Waals surface area contributed by atoms with Crippen LogP contribution in [0.4, 0.5) is 17.1 Å². The van der Waals surface area contributed by atoms with Gasteiger partial charge in [-0.15, -0.1) is 0 Å². The average Bonchev–Trinajstić information content (AvgIpc) is 2.80. The van der Waals surface area contributed by atoms with Crippen molar-refractivity contribution in [1.29, 1.82) is 0 Å². The minimum Gasteiger partial charge on any atom is -0.399 e. The monoisotopic (exact) mass is 479 g/mol. The van der Waals surface area contributed by atoms with Gasteiger partial charge in [0.1, 0.15) is 0 Å². The van der Waals surface area contributed by atoms with Crippen molar-refractivity contribution in [1.82, 2.24) is 9.97 Å². The number of ketones is 1. The molecule has 0 amide bonds. The molecule has 8 heteroatoms. The van der Waals surface area contributed by atoms with Gasteiger partial charge in [0.2, 0.25) is 0 Å². The Morgan fingerprint density at radius 3 is 1.85 bits per heavy atom. The predicted octanol–water partition coefficient (Wildman–Crippen LogP) is 6.74. The highest BCUT2D eigenvalue weighted by atomic mass is 35.5. The third-order valence-corrected chi connectivity index (χ3v) is 4.31. The molecule has 0 aliphatic heterocycles. The molecule has 0 unspecified atom stereocenters. The van der Waals surface area contributed by atoms with Crippen molar-refractivity contribution in [2.24, 2.45) is 0 Å². The summed E-state index contributed by atoms with van der Waals surface area (Å²) in [6.07, 6.45) is 6.35. The summed E-state index contributed by atoms with van der Waals surface area (Å²) in [7, 11) is 0. The lowest BCUT2D eigenvalue weighted by Crippen LogP contribution is -2.05. The number of nitrogen functional groups attached to an aromatic ring is 2. The highest BCUT2D eigenvalue weighted by molar-refractivity contribution is 6.31. The van der Waals surface area contributed by atoms with Crippen molar-refractivity contribution >= 4 is 46.0 Å². The molecule has 0 bridgehead atoms. The number of nitrogens with zero attached hydrogens (tertiary/aromatic N) is 3. The van der Waals surface area contributed by atoms with Crippen LogP contribution in [0.5, 0.6) is 0 Å². The number of pyridine rings is 2. The molecule has 0 fully saturated rings. The lowest BCUT2D eigenvalue weighted by molar-refractivity contribution is 0.103. The molecule has 2 aromatic carbocycles. The normalized spacial score (nSPS) is 9.00. The fourth-order valence-electron chi connectivity index (χ4n) is 2.32. The van der Waals surface area contributed by atoms with Crippen LogP contribution in [0.2, 0.25) is 10.0 Å². The van der Waals surface area contributed by atoms with Crippen LogP contribution in [0.3, 0.4) is 0 Å². The second kappa shape index (κ2) is 14.2. The van der Waals surface area contributed by atoms with Gasteiger partial charge in [-0.05, 0) is 60.7 Å². The fraction of sp³-hybridized carbons (Fsp3) is 0.0400. The minimum atomic E-state index is -0.128. The smallest absolute Gasteiger partial charge is 0.195 e. The van der Waals surface area contributed by atoms with Crippen LogP contribution in [0, 0.1) is 6.57 Å². The van der Waals surface area contributed by atoms with Crippen molar-refractivity contribution < 1.29 is 4.79 Å². The van der Waals surface area contributed by atoms with E-state index in [4.69, 9.17) is 41.2 Å². The molecular formula is C25H23Cl2N5O. The van der Waals surface area contributed by atoms with Gasteiger partial charge in [-0.25, -0.2) is 4.85 Å². The van der Waals surface area contributed by atoms with E-state index in [0.29, 0.717) is 38.2 Å². The first kappa shape index (κ1) is 27.1. The molecule has 4 aromatic rings. The molecule has 4 N–H and O–H groups in total. The third-order valence-electron chi connectivity index (χ3n) is 3.84. The summed E-state index contributed by atoms with van der Waals surface area (Å²) in [6.45, 7) is 6.54. The largest absolute Gasteiger partial charge is 0.399 e. The number of rotatable bonds is 2. The van der Waals surface area contributed by atoms with Gasteiger partial charge in [-0.2, -0.15) is 0 Å². The Morgan fingerprint density at radius 1 is 0.818 bits per heavy atom. The standard InChI is InChI=1S/C12H9ClN2O.C6H6ClN.C6H4N2.CH4/c13-9-1-2-10(11(14)7-9)12(16)8-3-5-15-6-4-8;7-5-2-1-3-6(8)4-5;1-7-6-2-4-8-5-3-6;/h1-7H,14H2;1-4H,8H2;2-5H;1H4. The minimum absolute atomic E-state index is 0. The molecule has 0 saturated heterocycles. The van der Waals surface area contributed by atoms with Gasteiger partial charge in [0.05, 0.1) is 6.57 Å². The summed E-state index contributed by atoms with van der Waals surface area (Å²) in [5.41, 5.74) is 13.9. The Balaban J connectivity index is 0.000000271. The van der Waals surface area contributed by atoms with Crippen LogP contribution < -0.4 is 11.5 Å². The SMILES string of the molecule is C.Nc1cc(Cl)ccc1C(=O)c1ccncc1.Nc1cccc(Cl)c1.[C-]#[N+]c1ccncc1. The summed E-state index contributed by atoms with van der Waals surface area (Å²) in [5, 5.41) is 1.20. The number of anilines is 2. The summed E-state index contributed by atoms with van der Waals surface area (Å²) in [4.78, 5) is 22.8. The first-order chi connectivity index (χ1) is 15.4. The molecule has 33 heavy (non-hydrogen) atoms. The van der Waals surface area contributed by atoms with E-state index in [9.17, 15) is 4.79 Å². The molecule has 0 aliphatic carbocycles. The Hall–Kier alpha value is -3.92. The Labute approximate surface area is 203 Å². The van der Waals surface area contributed by atoms with Crippen LogP contribution in [-0.4, -0.2) is 15.8 Å². The molecule has 168 valence electrons. The molecule has 2 aromatic heterocycles. The van der Waals surface area contributed by atoms with Crippen molar-refractivity contribution in [3.8, 4) is 0 Å². The molecular weight excluding hydrogens is 457 g/mol. The Morgan fingerprint density at radius 2 is 1.39 bits per heavy atom. The molecule has 0 atom stereocenters. The highest BCUT2D eigenvalue weighted by Gasteiger charge is 2.11. The number of hydrogen-bond donors (Lipinski definition) is 2. The van der Waals surface area contributed by atoms with E-state index in [1.54, 1.807) is 85.5 Å². The van der Waals surface area contributed by atoms with Gasteiger partial charge in [-0.1, -0.05) is 36.7 Å². The van der Waals surface area contributed by atoms with Crippen LogP contribution in [0.25, 0.3) is 4.85 Å². The quantitative estimate of drug-likeness (QED) is 0.188.